The molecule has 0 aromatic rings. The summed E-state index contributed by atoms with van der Waals surface area (Å²) in [6.45, 7) is 4.76. The van der Waals surface area contributed by atoms with E-state index in [1.807, 2.05) is 0 Å². The van der Waals surface area contributed by atoms with Crippen LogP contribution in [-0.4, -0.2) is 45.0 Å². The first-order valence-electron chi connectivity index (χ1n) is 11.2. The van der Waals surface area contributed by atoms with Crippen molar-refractivity contribution >= 4 is 0 Å². The fraction of sp³-hybridized carbons (Fsp3) is 1.00. The minimum Gasteiger partial charge on any atom is -0.314 e. The van der Waals surface area contributed by atoms with Crippen LogP contribution in [0, 0.1) is 0 Å². The zero-order chi connectivity index (χ0) is 19.5. The second-order valence-corrected chi connectivity index (χ2v) is 7.89. The molecular formula is C21H46N2O3. The zero-order valence-electron chi connectivity index (χ0n) is 17.5. The van der Waals surface area contributed by atoms with Crippen LogP contribution in [0.5, 0.6) is 0 Å². The van der Waals surface area contributed by atoms with E-state index in [2.05, 4.69) is 6.92 Å². The third-order valence-electron chi connectivity index (χ3n) is 5.14. The van der Waals surface area contributed by atoms with Crippen molar-refractivity contribution in [2.45, 2.75) is 123 Å². The van der Waals surface area contributed by atoms with Gasteiger partial charge in [0.05, 0.1) is 6.04 Å². The molecule has 0 aliphatic carbocycles. The zero-order valence-corrected chi connectivity index (χ0v) is 17.5. The largest absolute Gasteiger partial charge is 0.314 e. The second-order valence-electron chi connectivity index (χ2n) is 7.89. The summed E-state index contributed by atoms with van der Waals surface area (Å²) in [5.41, 5.74) is 0. The lowest BCUT2D eigenvalue weighted by Gasteiger charge is -2.21. The van der Waals surface area contributed by atoms with E-state index in [4.69, 9.17) is 10.4 Å². The van der Waals surface area contributed by atoms with Gasteiger partial charge in [-0.3, -0.25) is 10.4 Å². The smallest absolute Gasteiger partial charge is 0.0745 e. The van der Waals surface area contributed by atoms with Crippen molar-refractivity contribution in [1.82, 2.24) is 10.3 Å². The monoisotopic (exact) mass is 374 g/mol. The molecule has 0 aromatic carbocycles. The van der Waals surface area contributed by atoms with Gasteiger partial charge in [-0.05, 0) is 13.3 Å². The highest BCUT2D eigenvalue weighted by Gasteiger charge is 2.12. The molecule has 0 amide bonds. The van der Waals surface area contributed by atoms with Crippen LogP contribution in [0.25, 0.3) is 0 Å². The van der Waals surface area contributed by atoms with Crippen LogP contribution in [0.4, 0.5) is 0 Å². The molecule has 0 aromatic heterocycles. The summed E-state index contributed by atoms with van der Waals surface area (Å²) >= 11 is 0. The molecule has 0 saturated heterocycles. The Balaban J connectivity index is 3.15. The maximum atomic E-state index is 9.67. The summed E-state index contributed by atoms with van der Waals surface area (Å²) in [6.07, 6.45) is 21.4. The van der Waals surface area contributed by atoms with Crippen molar-refractivity contribution in [3.63, 3.8) is 0 Å². The summed E-state index contributed by atoms with van der Waals surface area (Å²) in [4.78, 5) is 0. The highest BCUT2D eigenvalue weighted by atomic mass is 16.8. The van der Waals surface area contributed by atoms with Crippen molar-refractivity contribution < 1.29 is 15.6 Å². The number of hydrogen-bond donors (Lipinski definition) is 3. The quantitative estimate of drug-likeness (QED) is 0.170. The average Bonchev–Trinajstić information content (AvgIpc) is 2.61. The summed E-state index contributed by atoms with van der Waals surface area (Å²) in [5.74, 6) is 0. The van der Waals surface area contributed by atoms with Gasteiger partial charge in [-0.1, -0.05) is 108 Å². The van der Waals surface area contributed by atoms with Crippen molar-refractivity contribution in [1.29, 1.82) is 0 Å². The Morgan fingerprint density at radius 1 is 0.577 bits per heavy atom. The maximum absolute atomic E-state index is 9.67. The van der Waals surface area contributed by atoms with Crippen molar-refractivity contribution in [3.8, 4) is 0 Å². The molecule has 5 nitrogen and oxygen atoms in total. The van der Waals surface area contributed by atoms with E-state index in [0.717, 1.165) is 12.8 Å². The molecule has 0 heterocycles. The normalized spacial score (nSPS) is 13.0. The second kappa shape index (κ2) is 19.6. The van der Waals surface area contributed by atoms with Crippen molar-refractivity contribution in [2.75, 3.05) is 13.1 Å². The van der Waals surface area contributed by atoms with Crippen LogP contribution in [0.1, 0.15) is 117 Å². The lowest BCUT2D eigenvalue weighted by Crippen LogP contribution is -2.38. The predicted molar refractivity (Wildman–Crippen MR) is 108 cm³/mol. The first-order chi connectivity index (χ1) is 12.6. The molecule has 158 valence electrons. The fourth-order valence-electron chi connectivity index (χ4n) is 3.31. The lowest BCUT2D eigenvalue weighted by atomic mass is 10.0. The SMILES string of the molecule is CCCCCCCCCCCCCCCCCCN(O)CC(C)N(O)O. The minimum absolute atomic E-state index is 0.150. The van der Waals surface area contributed by atoms with E-state index >= 15 is 0 Å². The molecule has 0 bridgehead atoms. The molecule has 1 unspecified atom stereocenters. The number of hydrogen-bond acceptors (Lipinski definition) is 5. The summed E-state index contributed by atoms with van der Waals surface area (Å²) < 4.78 is 0. The Bertz CT molecular complexity index is 278. The number of hydroxylamine groups is 4. The van der Waals surface area contributed by atoms with E-state index in [-0.39, 0.29) is 11.8 Å². The molecule has 0 rings (SSSR count). The molecule has 1 atom stereocenters. The highest BCUT2D eigenvalue weighted by Crippen LogP contribution is 2.13. The van der Waals surface area contributed by atoms with E-state index in [9.17, 15) is 5.21 Å². The first kappa shape index (κ1) is 25.8. The maximum Gasteiger partial charge on any atom is 0.0745 e. The van der Waals surface area contributed by atoms with Gasteiger partial charge in [-0.15, -0.1) is 0 Å². The minimum atomic E-state index is -0.485. The Hall–Kier alpha value is -0.200. The van der Waals surface area contributed by atoms with Crippen LogP contribution in [0.3, 0.4) is 0 Å². The average molecular weight is 375 g/mol. The number of rotatable bonds is 20. The van der Waals surface area contributed by atoms with Gasteiger partial charge >= 0.3 is 0 Å². The van der Waals surface area contributed by atoms with Gasteiger partial charge in [-0.2, -0.15) is 5.06 Å². The van der Waals surface area contributed by atoms with Gasteiger partial charge in [-0.25, -0.2) is 0 Å². The molecule has 0 aliphatic heterocycles. The topological polar surface area (TPSA) is 67.2 Å². The summed E-state index contributed by atoms with van der Waals surface area (Å²) in [5, 5.41) is 28.7. The van der Waals surface area contributed by atoms with Crippen LogP contribution < -0.4 is 0 Å². The van der Waals surface area contributed by atoms with Gasteiger partial charge < -0.3 is 5.21 Å². The van der Waals surface area contributed by atoms with Crippen LogP contribution in [0.2, 0.25) is 0 Å². The number of nitrogens with zero attached hydrogens (tertiary/aromatic N) is 2. The van der Waals surface area contributed by atoms with Gasteiger partial charge in [0.2, 0.25) is 0 Å². The number of unbranched alkanes of at least 4 members (excludes halogenated alkanes) is 15. The molecule has 3 N–H and O–H groups in total. The summed E-state index contributed by atoms with van der Waals surface area (Å²) in [6, 6.07) is -0.485. The lowest BCUT2D eigenvalue weighted by molar-refractivity contribution is -0.335. The van der Waals surface area contributed by atoms with Crippen molar-refractivity contribution in [2.24, 2.45) is 0 Å². The first-order valence-corrected chi connectivity index (χ1v) is 11.2. The summed E-state index contributed by atoms with van der Waals surface area (Å²) in [7, 11) is 0. The molecule has 0 fully saturated rings. The standard InChI is InChI=1S/C21H46N2O3/c1-3-4-5-6-7-8-9-10-11-12-13-14-15-16-17-18-19-22(24)20-21(2)23(25)26/h21,24-26H,3-20H2,1-2H3. The van der Waals surface area contributed by atoms with E-state index in [1.165, 1.54) is 95.0 Å². The molecule has 0 radical (unpaired) electrons. The fourth-order valence-corrected chi connectivity index (χ4v) is 3.31. The Labute approximate surface area is 162 Å². The van der Waals surface area contributed by atoms with Crippen molar-refractivity contribution in [3.05, 3.63) is 0 Å². The predicted octanol–water partition coefficient (Wildman–Crippen LogP) is 6.41. The van der Waals surface area contributed by atoms with E-state index < -0.39 is 6.04 Å². The van der Waals surface area contributed by atoms with E-state index in [0.29, 0.717) is 6.54 Å². The van der Waals surface area contributed by atoms with Gasteiger partial charge in [0, 0.05) is 13.1 Å². The van der Waals surface area contributed by atoms with Crippen LogP contribution in [-0.2, 0) is 0 Å². The molecular weight excluding hydrogens is 328 g/mol. The highest BCUT2D eigenvalue weighted by molar-refractivity contribution is 4.57. The Kier molecular flexibility index (Phi) is 19.4. The molecule has 0 saturated carbocycles. The molecule has 5 heteroatoms. The van der Waals surface area contributed by atoms with Crippen LogP contribution >= 0.6 is 0 Å². The van der Waals surface area contributed by atoms with Gasteiger partial charge in [0.1, 0.15) is 0 Å². The third-order valence-corrected chi connectivity index (χ3v) is 5.14. The van der Waals surface area contributed by atoms with Gasteiger partial charge in [0.15, 0.2) is 0 Å². The van der Waals surface area contributed by atoms with Crippen LogP contribution in [0.15, 0.2) is 0 Å². The van der Waals surface area contributed by atoms with Gasteiger partial charge in [0.25, 0.3) is 0 Å². The third kappa shape index (κ3) is 18.6. The Morgan fingerprint density at radius 2 is 0.923 bits per heavy atom. The molecule has 0 spiro atoms. The molecule has 0 aliphatic rings. The Morgan fingerprint density at radius 3 is 1.27 bits per heavy atom. The van der Waals surface area contributed by atoms with E-state index in [1.54, 1.807) is 6.92 Å². The molecule has 26 heavy (non-hydrogen) atoms.